The van der Waals surface area contributed by atoms with E-state index in [1.807, 2.05) is 26.1 Å². The van der Waals surface area contributed by atoms with E-state index in [9.17, 15) is 4.39 Å². The fourth-order valence-corrected chi connectivity index (χ4v) is 2.81. The first-order valence-corrected chi connectivity index (χ1v) is 6.88. The molecule has 0 radical (unpaired) electrons. The Morgan fingerprint density at radius 3 is 2.80 bits per heavy atom. The van der Waals surface area contributed by atoms with Crippen molar-refractivity contribution in [3.8, 4) is 16.9 Å². The summed E-state index contributed by atoms with van der Waals surface area (Å²) in [6, 6.07) is 11.0. The van der Waals surface area contributed by atoms with Gasteiger partial charge in [-0.25, -0.2) is 4.39 Å². The van der Waals surface area contributed by atoms with Crippen molar-refractivity contribution in [3.63, 3.8) is 0 Å². The van der Waals surface area contributed by atoms with E-state index in [4.69, 9.17) is 4.74 Å². The third-order valence-electron chi connectivity index (χ3n) is 3.64. The summed E-state index contributed by atoms with van der Waals surface area (Å²) in [6.45, 7) is 2.83. The first kappa shape index (κ1) is 13.1. The minimum Gasteiger partial charge on any atom is -0.488 e. The highest BCUT2D eigenvalue weighted by Gasteiger charge is 2.26. The average molecular weight is 271 g/mol. The molecular weight excluding hydrogens is 253 g/mol. The van der Waals surface area contributed by atoms with Crippen molar-refractivity contribution in [3.05, 3.63) is 53.3 Å². The van der Waals surface area contributed by atoms with Gasteiger partial charge in [-0.2, -0.15) is 0 Å². The van der Waals surface area contributed by atoms with Gasteiger partial charge in [0.25, 0.3) is 0 Å². The number of benzene rings is 2. The second-order valence-electron chi connectivity index (χ2n) is 5.28. The lowest BCUT2D eigenvalue weighted by molar-refractivity contribution is 0.232. The maximum atomic E-state index is 14.1. The van der Waals surface area contributed by atoms with Gasteiger partial charge >= 0.3 is 0 Å². The Labute approximate surface area is 118 Å². The molecule has 0 saturated carbocycles. The Morgan fingerprint density at radius 1 is 1.25 bits per heavy atom. The van der Waals surface area contributed by atoms with E-state index in [0.29, 0.717) is 5.56 Å². The number of ether oxygens (including phenoxy) is 1. The van der Waals surface area contributed by atoms with Crippen LogP contribution in [0.2, 0.25) is 0 Å². The lowest BCUT2D eigenvalue weighted by atomic mass is 9.97. The van der Waals surface area contributed by atoms with Gasteiger partial charge < -0.3 is 10.1 Å². The summed E-state index contributed by atoms with van der Waals surface area (Å²) in [5, 5.41) is 3.13. The smallest absolute Gasteiger partial charge is 0.131 e. The van der Waals surface area contributed by atoms with Crippen molar-refractivity contribution < 1.29 is 9.13 Å². The number of rotatable bonds is 3. The van der Waals surface area contributed by atoms with Gasteiger partial charge in [-0.15, -0.1) is 0 Å². The van der Waals surface area contributed by atoms with Gasteiger partial charge in [0, 0.05) is 24.1 Å². The summed E-state index contributed by atoms with van der Waals surface area (Å²) in [7, 11) is 1.91. The van der Waals surface area contributed by atoms with Crippen molar-refractivity contribution >= 4 is 0 Å². The highest BCUT2D eigenvalue weighted by atomic mass is 19.1. The normalized spacial score (nSPS) is 16.9. The van der Waals surface area contributed by atoms with Crippen LogP contribution in [0.25, 0.3) is 11.1 Å². The molecular formula is C17H18FNO. The van der Waals surface area contributed by atoms with Crippen LogP contribution in [-0.4, -0.2) is 19.7 Å². The number of fused-ring (bicyclic) bond motifs is 1. The van der Waals surface area contributed by atoms with Crippen molar-refractivity contribution in [1.29, 1.82) is 0 Å². The molecule has 0 aromatic heterocycles. The first-order chi connectivity index (χ1) is 9.69. The molecule has 0 unspecified atom stereocenters. The Hall–Kier alpha value is -1.87. The van der Waals surface area contributed by atoms with Gasteiger partial charge in [0.2, 0.25) is 0 Å². The zero-order valence-electron chi connectivity index (χ0n) is 11.7. The summed E-state index contributed by atoms with van der Waals surface area (Å²) in [5.41, 5.74) is 3.77. The van der Waals surface area contributed by atoms with Crippen LogP contribution >= 0.6 is 0 Å². The van der Waals surface area contributed by atoms with Crippen LogP contribution in [0.15, 0.2) is 36.4 Å². The van der Waals surface area contributed by atoms with Crippen LogP contribution in [-0.2, 0) is 6.42 Å². The predicted octanol–water partition coefficient (Wildman–Crippen LogP) is 3.32. The molecule has 104 valence electrons. The van der Waals surface area contributed by atoms with Gasteiger partial charge in [0.05, 0.1) is 0 Å². The summed E-state index contributed by atoms with van der Waals surface area (Å²) in [4.78, 5) is 0. The third-order valence-corrected chi connectivity index (χ3v) is 3.64. The minimum absolute atomic E-state index is 0.127. The number of likely N-dealkylation sites (N-methyl/N-ethyl adjacent to an activating group) is 1. The summed E-state index contributed by atoms with van der Waals surface area (Å²) >= 11 is 0. The highest BCUT2D eigenvalue weighted by molar-refractivity contribution is 5.74. The Bertz CT molecular complexity index is 639. The van der Waals surface area contributed by atoms with Gasteiger partial charge in [-0.1, -0.05) is 24.3 Å². The van der Waals surface area contributed by atoms with Crippen molar-refractivity contribution in [2.24, 2.45) is 0 Å². The molecule has 20 heavy (non-hydrogen) atoms. The molecule has 0 fully saturated rings. The van der Waals surface area contributed by atoms with Crippen molar-refractivity contribution in [2.75, 3.05) is 13.6 Å². The number of hydrogen-bond acceptors (Lipinski definition) is 2. The topological polar surface area (TPSA) is 21.3 Å². The molecule has 0 saturated heterocycles. The lowest BCUT2D eigenvalue weighted by Crippen LogP contribution is -2.27. The number of hydrogen-bond donors (Lipinski definition) is 1. The standard InChI is InChI=1S/C17H18FNO/c1-11-7-12-9-13(10-19-2)20-17(12)15(8-11)14-5-3-4-6-16(14)18/h3-8,13,19H,9-10H2,1-2H3/t13-/m1/s1. The highest BCUT2D eigenvalue weighted by Crippen LogP contribution is 2.40. The van der Waals surface area contributed by atoms with E-state index in [0.717, 1.165) is 29.8 Å². The summed E-state index contributed by atoms with van der Waals surface area (Å²) in [6.07, 6.45) is 1.00. The van der Waals surface area contributed by atoms with Crippen LogP contribution in [0.3, 0.4) is 0 Å². The summed E-state index contributed by atoms with van der Waals surface area (Å²) < 4.78 is 20.1. The zero-order valence-corrected chi connectivity index (χ0v) is 11.7. The fraction of sp³-hybridized carbons (Fsp3) is 0.294. The number of nitrogens with one attached hydrogen (secondary N) is 1. The number of halogens is 1. The minimum atomic E-state index is -0.207. The fourth-order valence-electron chi connectivity index (χ4n) is 2.81. The van der Waals surface area contributed by atoms with E-state index in [1.165, 1.54) is 11.6 Å². The largest absolute Gasteiger partial charge is 0.488 e. The van der Waals surface area contributed by atoms with Crippen LogP contribution in [0.1, 0.15) is 11.1 Å². The maximum absolute atomic E-state index is 14.1. The van der Waals surface area contributed by atoms with Crippen LogP contribution in [0, 0.1) is 12.7 Å². The molecule has 0 bridgehead atoms. The Balaban J connectivity index is 2.08. The van der Waals surface area contributed by atoms with Gasteiger partial charge in [-0.05, 0) is 37.2 Å². The molecule has 3 rings (SSSR count). The quantitative estimate of drug-likeness (QED) is 0.924. The van der Waals surface area contributed by atoms with Crippen LogP contribution in [0.4, 0.5) is 4.39 Å². The predicted molar refractivity (Wildman–Crippen MR) is 78.6 cm³/mol. The van der Waals surface area contributed by atoms with Crippen LogP contribution < -0.4 is 10.1 Å². The second-order valence-corrected chi connectivity index (χ2v) is 5.28. The van der Waals surface area contributed by atoms with Crippen molar-refractivity contribution in [2.45, 2.75) is 19.4 Å². The van der Waals surface area contributed by atoms with E-state index >= 15 is 0 Å². The SMILES string of the molecule is CNC[C@H]1Cc2cc(C)cc(-c3ccccc3F)c2O1. The lowest BCUT2D eigenvalue weighted by Gasteiger charge is -2.13. The second kappa shape index (κ2) is 5.25. The molecule has 2 aromatic carbocycles. The molecule has 2 aromatic rings. The molecule has 0 aliphatic carbocycles. The van der Waals surface area contributed by atoms with Crippen molar-refractivity contribution in [1.82, 2.24) is 5.32 Å². The van der Waals surface area contributed by atoms with E-state index in [2.05, 4.69) is 11.4 Å². The average Bonchev–Trinajstić information content (AvgIpc) is 2.81. The van der Waals surface area contributed by atoms with E-state index in [1.54, 1.807) is 12.1 Å². The van der Waals surface area contributed by atoms with Gasteiger partial charge in [0.15, 0.2) is 0 Å². The Morgan fingerprint density at radius 2 is 2.05 bits per heavy atom. The maximum Gasteiger partial charge on any atom is 0.131 e. The molecule has 1 heterocycles. The molecule has 3 heteroatoms. The van der Waals surface area contributed by atoms with Gasteiger partial charge in [0.1, 0.15) is 17.7 Å². The molecule has 1 aliphatic rings. The summed E-state index contributed by atoms with van der Waals surface area (Å²) in [5.74, 6) is 0.627. The van der Waals surface area contributed by atoms with Crippen LogP contribution in [0.5, 0.6) is 5.75 Å². The molecule has 0 spiro atoms. The third kappa shape index (κ3) is 2.29. The van der Waals surface area contributed by atoms with E-state index < -0.39 is 0 Å². The molecule has 0 amide bonds. The monoisotopic (exact) mass is 271 g/mol. The molecule has 2 nitrogen and oxygen atoms in total. The first-order valence-electron chi connectivity index (χ1n) is 6.88. The molecule has 1 N–H and O–H groups in total. The van der Waals surface area contributed by atoms with Gasteiger partial charge in [-0.3, -0.25) is 0 Å². The molecule has 1 atom stereocenters. The number of aryl methyl sites for hydroxylation is 1. The van der Waals surface area contributed by atoms with E-state index in [-0.39, 0.29) is 11.9 Å². The Kier molecular flexibility index (Phi) is 3.45. The molecule has 1 aliphatic heterocycles. The zero-order chi connectivity index (χ0) is 14.1.